The van der Waals surface area contributed by atoms with Crippen LogP contribution in [-0.2, 0) is 17.1 Å². The molecule has 1 aliphatic heterocycles. The number of aryl methyl sites for hydroxylation is 1. The van der Waals surface area contributed by atoms with Crippen molar-refractivity contribution < 1.29 is 17.6 Å². The highest BCUT2D eigenvalue weighted by Gasteiger charge is 2.26. The molecule has 1 aromatic heterocycles. The van der Waals surface area contributed by atoms with E-state index in [1.54, 1.807) is 25.2 Å². The minimum atomic E-state index is -3.20. The third-order valence-electron chi connectivity index (χ3n) is 4.56. The minimum Gasteiger partial charge on any atom is -0.408 e. The largest absolute Gasteiger partial charge is 0.419 e. The molecule has 0 bridgehead atoms. The van der Waals surface area contributed by atoms with Crippen molar-refractivity contribution in [1.82, 2.24) is 14.2 Å². The van der Waals surface area contributed by atoms with Gasteiger partial charge in [0.25, 0.3) is 5.91 Å². The van der Waals surface area contributed by atoms with Crippen molar-refractivity contribution in [3.63, 3.8) is 0 Å². The average Bonchev–Trinajstić information content (AvgIpc) is 2.86. The first-order chi connectivity index (χ1) is 11.8. The van der Waals surface area contributed by atoms with Gasteiger partial charge in [0.1, 0.15) is 0 Å². The van der Waals surface area contributed by atoms with Crippen LogP contribution in [0.3, 0.4) is 0 Å². The van der Waals surface area contributed by atoms with Gasteiger partial charge in [0.15, 0.2) is 5.58 Å². The molecule has 1 atom stereocenters. The van der Waals surface area contributed by atoms with Crippen LogP contribution < -0.4 is 11.1 Å². The van der Waals surface area contributed by atoms with Gasteiger partial charge in [0.05, 0.1) is 11.8 Å². The summed E-state index contributed by atoms with van der Waals surface area (Å²) in [7, 11) is -1.62. The van der Waals surface area contributed by atoms with E-state index in [2.05, 4.69) is 5.32 Å². The molecule has 3 rings (SSSR count). The van der Waals surface area contributed by atoms with E-state index in [4.69, 9.17) is 4.42 Å². The van der Waals surface area contributed by atoms with E-state index in [1.807, 2.05) is 0 Å². The summed E-state index contributed by atoms with van der Waals surface area (Å²) < 4.78 is 31.2. The molecular formula is C16H21N3O5S. The van der Waals surface area contributed by atoms with Crippen molar-refractivity contribution >= 4 is 27.0 Å². The van der Waals surface area contributed by atoms with Crippen LogP contribution in [-0.4, -0.2) is 49.1 Å². The maximum absolute atomic E-state index is 12.4. The fourth-order valence-electron chi connectivity index (χ4n) is 3.10. The second-order valence-corrected chi connectivity index (χ2v) is 8.43. The van der Waals surface area contributed by atoms with E-state index in [0.29, 0.717) is 36.3 Å². The van der Waals surface area contributed by atoms with E-state index in [1.165, 1.54) is 15.1 Å². The number of carbonyl (C=O) groups is 1. The average molecular weight is 367 g/mol. The lowest BCUT2D eigenvalue weighted by atomic mass is 9.99. The third kappa shape index (κ3) is 3.77. The van der Waals surface area contributed by atoms with Gasteiger partial charge in [-0.1, -0.05) is 0 Å². The summed E-state index contributed by atoms with van der Waals surface area (Å²) in [5, 5.41) is 2.85. The predicted molar refractivity (Wildman–Crippen MR) is 92.9 cm³/mol. The Hall–Kier alpha value is -2.13. The fraction of sp³-hybridized carbons (Fsp3) is 0.500. The quantitative estimate of drug-likeness (QED) is 0.849. The summed E-state index contributed by atoms with van der Waals surface area (Å²) in [4.78, 5) is 23.9. The van der Waals surface area contributed by atoms with Crippen LogP contribution in [0.4, 0.5) is 0 Å². The molecule has 25 heavy (non-hydrogen) atoms. The van der Waals surface area contributed by atoms with E-state index < -0.39 is 15.8 Å². The fourth-order valence-corrected chi connectivity index (χ4v) is 4.04. The van der Waals surface area contributed by atoms with Crippen molar-refractivity contribution in [2.45, 2.75) is 12.8 Å². The zero-order valence-corrected chi connectivity index (χ0v) is 15.0. The Labute approximate surface area is 145 Å². The zero-order chi connectivity index (χ0) is 18.2. The number of hydrogen-bond donors (Lipinski definition) is 1. The van der Waals surface area contributed by atoms with Crippen LogP contribution in [0.15, 0.2) is 27.4 Å². The Morgan fingerprint density at radius 2 is 2.16 bits per heavy atom. The molecule has 2 heterocycles. The number of piperidine rings is 1. The lowest BCUT2D eigenvalue weighted by Crippen LogP contribution is -2.43. The molecule has 0 saturated carbocycles. The van der Waals surface area contributed by atoms with Crippen LogP contribution >= 0.6 is 0 Å². The van der Waals surface area contributed by atoms with Gasteiger partial charge in [0, 0.05) is 32.2 Å². The summed E-state index contributed by atoms with van der Waals surface area (Å²) >= 11 is 0. The van der Waals surface area contributed by atoms with Gasteiger partial charge in [-0.3, -0.25) is 9.36 Å². The molecular weight excluding hydrogens is 346 g/mol. The Kier molecular flexibility index (Phi) is 4.70. The molecule has 0 aliphatic carbocycles. The van der Waals surface area contributed by atoms with Crippen molar-refractivity contribution in [2.24, 2.45) is 13.0 Å². The van der Waals surface area contributed by atoms with Crippen LogP contribution in [0.1, 0.15) is 23.2 Å². The standard InChI is InChI=1S/C16H21N3O5S/c1-18-13-8-12(5-6-14(13)24-16(18)21)15(20)17-9-11-4-3-7-19(10-11)25(2,22)23/h5-6,8,11H,3-4,7,9-10H2,1-2H3,(H,17,20)/t11-/m1/s1. The summed E-state index contributed by atoms with van der Waals surface area (Å²) in [6, 6.07) is 4.81. The van der Waals surface area contributed by atoms with Crippen molar-refractivity contribution in [2.75, 3.05) is 25.9 Å². The number of sulfonamides is 1. The Bertz CT molecular complexity index is 960. The smallest absolute Gasteiger partial charge is 0.408 e. The van der Waals surface area contributed by atoms with Gasteiger partial charge in [0.2, 0.25) is 10.0 Å². The number of nitrogens with one attached hydrogen (secondary N) is 1. The molecule has 1 aromatic carbocycles. The first kappa shape index (κ1) is 17.7. The SMILES string of the molecule is Cn1c(=O)oc2ccc(C(=O)NC[C@H]3CCCN(S(C)(=O)=O)C3)cc21. The summed E-state index contributed by atoms with van der Waals surface area (Å²) in [5.41, 5.74) is 1.42. The number of fused-ring (bicyclic) bond motifs is 1. The molecule has 0 spiro atoms. The predicted octanol–water partition coefficient (Wildman–Crippen LogP) is 0.533. The van der Waals surface area contributed by atoms with Gasteiger partial charge >= 0.3 is 5.76 Å². The molecule has 1 saturated heterocycles. The summed E-state index contributed by atoms with van der Waals surface area (Å²) in [5.74, 6) is -0.642. The molecule has 1 amide bonds. The first-order valence-electron chi connectivity index (χ1n) is 8.08. The second kappa shape index (κ2) is 6.64. The molecule has 1 aliphatic rings. The molecule has 8 nitrogen and oxygen atoms in total. The monoisotopic (exact) mass is 367 g/mol. The van der Waals surface area contributed by atoms with E-state index in [0.717, 1.165) is 12.8 Å². The highest BCUT2D eigenvalue weighted by molar-refractivity contribution is 7.88. The lowest BCUT2D eigenvalue weighted by molar-refractivity contribution is 0.0941. The third-order valence-corrected chi connectivity index (χ3v) is 5.83. The molecule has 1 N–H and O–H groups in total. The number of aromatic nitrogens is 1. The first-order valence-corrected chi connectivity index (χ1v) is 9.93. The van der Waals surface area contributed by atoms with Crippen molar-refractivity contribution in [3.8, 4) is 0 Å². The van der Waals surface area contributed by atoms with Gasteiger partial charge in [-0.2, -0.15) is 0 Å². The molecule has 9 heteroatoms. The second-order valence-electron chi connectivity index (χ2n) is 6.45. The molecule has 0 unspecified atom stereocenters. The molecule has 0 radical (unpaired) electrons. The zero-order valence-electron chi connectivity index (χ0n) is 14.2. The van der Waals surface area contributed by atoms with Crippen LogP contribution in [0.25, 0.3) is 11.1 Å². The van der Waals surface area contributed by atoms with Gasteiger partial charge in [-0.15, -0.1) is 0 Å². The summed E-state index contributed by atoms with van der Waals surface area (Å²) in [6.45, 7) is 1.37. The number of rotatable bonds is 4. The molecule has 2 aromatic rings. The van der Waals surface area contributed by atoms with E-state index >= 15 is 0 Å². The highest BCUT2D eigenvalue weighted by atomic mass is 32.2. The van der Waals surface area contributed by atoms with Crippen molar-refractivity contribution in [1.29, 1.82) is 0 Å². The number of benzene rings is 1. The summed E-state index contributed by atoms with van der Waals surface area (Å²) in [6.07, 6.45) is 2.87. The van der Waals surface area contributed by atoms with E-state index in [-0.39, 0.29) is 11.8 Å². The Balaban J connectivity index is 1.66. The number of amides is 1. The topological polar surface area (TPSA) is 102 Å². The maximum atomic E-state index is 12.4. The van der Waals surface area contributed by atoms with Crippen LogP contribution in [0, 0.1) is 5.92 Å². The number of oxazole rings is 1. The number of carbonyl (C=O) groups excluding carboxylic acids is 1. The number of nitrogens with zero attached hydrogens (tertiary/aromatic N) is 2. The van der Waals surface area contributed by atoms with Crippen molar-refractivity contribution in [3.05, 3.63) is 34.3 Å². The van der Waals surface area contributed by atoms with Gasteiger partial charge < -0.3 is 9.73 Å². The maximum Gasteiger partial charge on any atom is 0.419 e. The van der Waals surface area contributed by atoms with E-state index in [9.17, 15) is 18.0 Å². The number of hydrogen-bond acceptors (Lipinski definition) is 5. The molecule has 1 fully saturated rings. The van der Waals surface area contributed by atoms with Crippen LogP contribution in [0.2, 0.25) is 0 Å². The molecule has 136 valence electrons. The van der Waals surface area contributed by atoms with Gasteiger partial charge in [-0.25, -0.2) is 17.5 Å². The highest BCUT2D eigenvalue weighted by Crippen LogP contribution is 2.18. The van der Waals surface area contributed by atoms with Gasteiger partial charge in [-0.05, 0) is 37.0 Å². The Morgan fingerprint density at radius 1 is 1.40 bits per heavy atom. The van der Waals surface area contributed by atoms with Crippen LogP contribution in [0.5, 0.6) is 0 Å². The minimum absolute atomic E-state index is 0.0921. The Morgan fingerprint density at radius 3 is 2.88 bits per heavy atom. The lowest BCUT2D eigenvalue weighted by Gasteiger charge is -2.30. The normalized spacial score (nSPS) is 19.2.